The zero-order valence-electron chi connectivity index (χ0n) is 13.0. The van der Waals surface area contributed by atoms with Crippen LogP contribution in [0.25, 0.3) is 0 Å². The number of benzene rings is 1. The number of methoxy groups -OCH3 is 2. The van der Waals surface area contributed by atoms with Crippen molar-refractivity contribution in [2.45, 2.75) is 19.4 Å². The number of thiazole rings is 1. The second-order valence-corrected chi connectivity index (χ2v) is 6.56. The number of fused-ring (bicyclic) bond motifs is 1. The van der Waals surface area contributed by atoms with Crippen LogP contribution in [0.5, 0.6) is 11.5 Å². The van der Waals surface area contributed by atoms with Gasteiger partial charge in [0.25, 0.3) is 0 Å². The van der Waals surface area contributed by atoms with Crippen LogP contribution in [0.1, 0.15) is 16.0 Å². The molecule has 1 aromatic heterocycles. The Bertz CT molecular complexity index is 622. The molecule has 6 heteroatoms. The van der Waals surface area contributed by atoms with E-state index >= 15 is 0 Å². The molecule has 0 unspecified atom stereocenters. The van der Waals surface area contributed by atoms with Crippen molar-refractivity contribution in [2.24, 2.45) is 0 Å². The molecule has 2 aromatic rings. The number of nitrogens with zero attached hydrogens (tertiary/aromatic N) is 2. The Hall–Kier alpha value is -1.79. The third kappa shape index (κ3) is 3.18. The predicted molar refractivity (Wildman–Crippen MR) is 88.8 cm³/mol. The van der Waals surface area contributed by atoms with Crippen molar-refractivity contribution in [3.8, 4) is 11.5 Å². The Balaban J connectivity index is 1.74. The number of hydrogen-bond acceptors (Lipinski definition) is 6. The fraction of sp³-hybridized carbons (Fsp3) is 0.438. The van der Waals surface area contributed by atoms with Crippen LogP contribution in [0.3, 0.4) is 0 Å². The molecule has 0 saturated heterocycles. The highest BCUT2D eigenvalue weighted by Crippen LogP contribution is 2.32. The van der Waals surface area contributed by atoms with Crippen LogP contribution in [0.2, 0.25) is 0 Å². The van der Waals surface area contributed by atoms with Crippen LogP contribution in [0.4, 0.5) is 5.13 Å². The minimum Gasteiger partial charge on any atom is -0.493 e. The summed E-state index contributed by atoms with van der Waals surface area (Å²) < 4.78 is 10.8. The molecule has 1 aliphatic heterocycles. The molecular weight excluding hydrogens is 298 g/mol. The Labute approximate surface area is 134 Å². The minimum atomic E-state index is 0.641. The van der Waals surface area contributed by atoms with E-state index in [9.17, 15) is 0 Å². The first-order valence-electron chi connectivity index (χ1n) is 7.36. The van der Waals surface area contributed by atoms with Gasteiger partial charge in [0.2, 0.25) is 0 Å². The first kappa shape index (κ1) is 15.1. The average molecular weight is 319 g/mol. The van der Waals surface area contributed by atoms with Crippen molar-refractivity contribution in [1.82, 2.24) is 9.88 Å². The zero-order chi connectivity index (χ0) is 15.5. The fourth-order valence-corrected chi connectivity index (χ4v) is 3.60. The lowest BCUT2D eigenvalue weighted by Crippen LogP contribution is -2.25. The largest absolute Gasteiger partial charge is 0.493 e. The molecule has 2 N–H and O–H groups in total. The summed E-state index contributed by atoms with van der Waals surface area (Å²) in [5, 5.41) is 0.641. The molecule has 0 amide bonds. The summed E-state index contributed by atoms with van der Waals surface area (Å²) >= 11 is 1.57. The SMILES string of the molecule is COc1cc2c(cc1OC)CCN(Cc1cnc(N)s1)CC2. The summed E-state index contributed by atoms with van der Waals surface area (Å²) in [6, 6.07) is 4.23. The minimum absolute atomic E-state index is 0.641. The lowest BCUT2D eigenvalue weighted by Gasteiger charge is -2.18. The second-order valence-electron chi connectivity index (χ2n) is 5.42. The van der Waals surface area contributed by atoms with Crippen molar-refractivity contribution in [3.63, 3.8) is 0 Å². The van der Waals surface area contributed by atoms with E-state index in [1.807, 2.05) is 6.20 Å². The summed E-state index contributed by atoms with van der Waals surface area (Å²) in [4.78, 5) is 7.80. The summed E-state index contributed by atoms with van der Waals surface area (Å²) in [5.74, 6) is 1.62. The van der Waals surface area contributed by atoms with E-state index in [1.165, 1.54) is 16.0 Å². The molecule has 0 bridgehead atoms. The average Bonchev–Trinajstić information content (AvgIpc) is 2.83. The molecule has 118 valence electrons. The van der Waals surface area contributed by atoms with E-state index in [2.05, 4.69) is 22.0 Å². The smallest absolute Gasteiger partial charge is 0.180 e. The second kappa shape index (κ2) is 6.54. The third-order valence-corrected chi connectivity index (χ3v) is 4.86. The number of aromatic nitrogens is 1. The van der Waals surface area contributed by atoms with Gasteiger partial charge in [0.1, 0.15) is 0 Å². The van der Waals surface area contributed by atoms with Crippen molar-refractivity contribution in [2.75, 3.05) is 33.0 Å². The van der Waals surface area contributed by atoms with Gasteiger partial charge >= 0.3 is 0 Å². The number of hydrogen-bond donors (Lipinski definition) is 1. The van der Waals surface area contributed by atoms with Crippen LogP contribution in [-0.2, 0) is 19.4 Å². The lowest BCUT2D eigenvalue weighted by molar-refractivity contribution is 0.281. The van der Waals surface area contributed by atoms with Gasteiger partial charge in [-0.2, -0.15) is 0 Å². The standard InChI is InChI=1S/C16H21N3O2S/c1-20-14-7-11-3-5-19(10-13-9-18-16(17)22-13)6-4-12(11)8-15(14)21-2/h7-9H,3-6,10H2,1-2H3,(H2,17,18). The van der Waals surface area contributed by atoms with Gasteiger partial charge < -0.3 is 15.2 Å². The van der Waals surface area contributed by atoms with Crippen LogP contribution in [0.15, 0.2) is 18.3 Å². The van der Waals surface area contributed by atoms with Crippen molar-refractivity contribution >= 4 is 16.5 Å². The number of nitrogens with two attached hydrogens (primary N) is 1. The summed E-state index contributed by atoms with van der Waals surface area (Å²) in [5.41, 5.74) is 8.41. The van der Waals surface area contributed by atoms with Crippen molar-refractivity contribution in [1.29, 1.82) is 0 Å². The Morgan fingerprint density at radius 2 is 1.73 bits per heavy atom. The van der Waals surface area contributed by atoms with Crippen LogP contribution in [0, 0.1) is 0 Å². The molecule has 0 atom stereocenters. The Morgan fingerprint density at radius 1 is 1.14 bits per heavy atom. The molecule has 2 heterocycles. The number of rotatable bonds is 4. The van der Waals surface area contributed by atoms with E-state index in [4.69, 9.17) is 15.2 Å². The van der Waals surface area contributed by atoms with Gasteiger partial charge in [-0.1, -0.05) is 0 Å². The van der Waals surface area contributed by atoms with E-state index in [0.29, 0.717) is 5.13 Å². The molecule has 1 aliphatic rings. The quantitative estimate of drug-likeness (QED) is 0.937. The van der Waals surface area contributed by atoms with E-state index in [-0.39, 0.29) is 0 Å². The van der Waals surface area contributed by atoms with Gasteiger partial charge in [0, 0.05) is 30.7 Å². The van der Waals surface area contributed by atoms with Crippen LogP contribution >= 0.6 is 11.3 Å². The topological polar surface area (TPSA) is 60.6 Å². The van der Waals surface area contributed by atoms with Gasteiger partial charge in [-0.15, -0.1) is 11.3 Å². The fourth-order valence-electron chi connectivity index (χ4n) is 2.87. The molecule has 3 rings (SSSR count). The van der Waals surface area contributed by atoms with E-state index in [0.717, 1.165) is 44.0 Å². The van der Waals surface area contributed by atoms with Gasteiger partial charge in [-0.25, -0.2) is 4.98 Å². The van der Waals surface area contributed by atoms with Crippen molar-refractivity contribution < 1.29 is 9.47 Å². The molecule has 5 nitrogen and oxygen atoms in total. The molecule has 0 radical (unpaired) electrons. The monoisotopic (exact) mass is 319 g/mol. The highest BCUT2D eigenvalue weighted by Gasteiger charge is 2.18. The highest BCUT2D eigenvalue weighted by atomic mass is 32.1. The molecule has 0 aliphatic carbocycles. The van der Waals surface area contributed by atoms with E-state index < -0.39 is 0 Å². The third-order valence-electron chi connectivity index (χ3n) is 4.05. The zero-order valence-corrected chi connectivity index (χ0v) is 13.8. The predicted octanol–water partition coefficient (Wildman–Crippen LogP) is 2.34. The van der Waals surface area contributed by atoms with Crippen molar-refractivity contribution in [3.05, 3.63) is 34.3 Å². The summed E-state index contributed by atoms with van der Waals surface area (Å²) in [6.07, 6.45) is 3.91. The molecule has 1 aromatic carbocycles. The first-order valence-corrected chi connectivity index (χ1v) is 8.17. The van der Waals surface area contributed by atoms with Crippen LogP contribution < -0.4 is 15.2 Å². The van der Waals surface area contributed by atoms with Gasteiger partial charge in [0.05, 0.1) is 14.2 Å². The molecule has 0 fully saturated rings. The number of anilines is 1. The molecule has 0 saturated carbocycles. The summed E-state index contributed by atoms with van der Waals surface area (Å²) in [7, 11) is 3.36. The van der Waals surface area contributed by atoms with Gasteiger partial charge in [-0.3, -0.25) is 4.90 Å². The maximum absolute atomic E-state index is 5.71. The number of ether oxygens (including phenoxy) is 2. The molecular formula is C16H21N3O2S. The van der Waals surface area contributed by atoms with Crippen LogP contribution in [-0.4, -0.2) is 37.2 Å². The summed E-state index contributed by atoms with van der Waals surface area (Å²) in [6.45, 7) is 2.97. The number of nitrogen functional groups attached to an aromatic ring is 1. The van der Waals surface area contributed by atoms with E-state index in [1.54, 1.807) is 25.6 Å². The molecule has 0 spiro atoms. The maximum Gasteiger partial charge on any atom is 0.180 e. The maximum atomic E-state index is 5.71. The van der Waals surface area contributed by atoms with Gasteiger partial charge in [0.15, 0.2) is 16.6 Å². The lowest BCUT2D eigenvalue weighted by atomic mass is 10.0. The molecule has 22 heavy (non-hydrogen) atoms. The highest BCUT2D eigenvalue weighted by molar-refractivity contribution is 7.15. The Kier molecular flexibility index (Phi) is 4.49. The normalized spacial score (nSPS) is 15.2. The van der Waals surface area contributed by atoms with Gasteiger partial charge in [-0.05, 0) is 36.1 Å². The first-order chi connectivity index (χ1) is 10.7. The Morgan fingerprint density at radius 3 is 2.18 bits per heavy atom.